The van der Waals surface area contributed by atoms with Gasteiger partial charge in [-0.15, -0.1) is 0 Å². The molecule has 0 saturated carbocycles. The molecule has 1 heterocycles. The van der Waals surface area contributed by atoms with Crippen molar-refractivity contribution in [1.29, 1.82) is 0 Å². The fraction of sp³-hybridized carbons (Fsp3) is 0.294. The quantitative estimate of drug-likeness (QED) is 0.941. The van der Waals surface area contributed by atoms with Crippen LogP contribution in [0.15, 0.2) is 42.6 Å². The summed E-state index contributed by atoms with van der Waals surface area (Å²) in [4.78, 5) is 16.5. The van der Waals surface area contributed by atoms with Crippen molar-refractivity contribution in [3.05, 3.63) is 59.3 Å². The Bertz CT molecular complexity index is 655. The molecule has 1 atom stereocenters. The predicted molar refractivity (Wildman–Crippen MR) is 80.4 cm³/mol. The highest BCUT2D eigenvalue weighted by Gasteiger charge is 2.23. The first kappa shape index (κ1) is 13.6. The van der Waals surface area contributed by atoms with Crippen LogP contribution in [0.5, 0.6) is 5.88 Å². The Balaban J connectivity index is 1.83. The molecule has 0 radical (unpaired) electrons. The van der Waals surface area contributed by atoms with Crippen molar-refractivity contribution in [2.75, 3.05) is 7.11 Å². The van der Waals surface area contributed by atoms with Gasteiger partial charge in [0.15, 0.2) is 0 Å². The number of aryl methyl sites for hydroxylation is 1. The van der Waals surface area contributed by atoms with Gasteiger partial charge < -0.3 is 10.1 Å². The molecule has 0 aliphatic heterocycles. The van der Waals surface area contributed by atoms with Crippen LogP contribution in [-0.4, -0.2) is 18.0 Å². The molecule has 3 rings (SSSR count). The zero-order valence-corrected chi connectivity index (χ0v) is 12.0. The van der Waals surface area contributed by atoms with Crippen LogP contribution in [0.4, 0.5) is 0 Å². The standard InChI is InChI=1S/C17H18N2O2/c1-21-17-14(9-5-11-18-17)16(20)19-15-10-4-7-12-6-2-3-8-13(12)15/h2-3,5-6,8-9,11,15H,4,7,10H2,1H3,(H,19,20). The first-order valence-electron chi connectivity index (χ1n) is 7.17. The van der Waals surface area contributed by atoms with Gasteiger partial charge in [-0.1, -0.05) is 24.3 Å². The molecule has 1 aliphatic carbocycles. The van der Waals surface area contributed by atoms with E-state index in [0.29, 0.717) is 11.4 Å². The van der Waals surface area contributed by atoms with Gasteiger partial charge in [0.2, 0.25) is 5.88 Å². The highest BCUT2D eigenvalue weighted by Crippen LogP contribution is 2.30. The van der Waals surface area contributed by atoms with Gasteiger partial charge in [0, 0.05) is 6.20 Å². The number of aromatic nitrogens is 1. The summed E-state index contributed by atoms with van der Waals surface area (Å²) in [5.74, 6) is 0.223. The van der Waals surface area contributed by atoms with Gasteiger partial charge >= 0.3 is 0 Å². The predicted octanol–water partition coefficient (Wildman–Crippen LogP) is 2.90. The molecule has 108 valence electrons. The maximum Gasteiger partial charge on any atom is 0.257 e. The highest BCUT2D eigenvalue weighted by atomic mass is 16.5. The van der Waals surface area contributed by atoms with E-state index in [4.69, 9.17) is 4.74 Å². The van der Waals surface area contributed by atoms with Crippen LogP contribution >= 0.6 is 0 Å². The third kappa shape index (κ3) is 2.75. The fourth-order valence-corrected chi connectivity index (χ4v) is 2.87. The number of hydrogen-bond donors (Lipinski definition) is 1. The Morgan fingerprint density at radius 1 is 1.29 bits per heavy atom. The van der Waals surface area contributed by atoms with Gasteiger partial charge in [-0.2, -0.15) is 0 Å². The number of carbonyl (C=O) groups is 1. The zero-order valence-electron chi connectivity index (χ0n) is 12.0. The monoisotopic (exact) mass is 282 g/mol. The minimum Gasteiger partial charge on any atom is -0.480 e. The molecule has 1 amide bonds. The van der Waals surface area contributed by atoms with Gasteiger partial charge in [0.05, 0.1) is 13.2 Å². The van der Waals surface area contributed by atoms with E-state index < -0.39 is 0 Å². The van der Waals surface area contributed by atoms with Gasteiger partial charge in [-0.25, -0.2) is 4.98 Å². The van der Waals surface area contributed by atoms with Crippen LogP contribution in [-0.2, 0) is 6.42 Å². The van der Waals surface area contributed by atoms with Crippen LogP contribution in [0.2, 0.25) is 0 Å². The molecule has 1 N–H and O–H groups in total. The zero-order chi connectivity index (χ0) is 14.7. The average molecular weight is 282 g/mol. The van der Waals surface area contributed by atoms with Crippen molar-refractivity contribution < 1.29 is 9.53 Å². The summed E-state index contributed by atoms with van der Waals surface area (Å²) in [6.45, 7) is 0. The maximum atomic E-state index is 12.5. The molecule has 0 spiro atoms. The Morgan fingerprint density at radius 3 is 3.00 bits per heavy atom. The molecule has 4 heteroatoms. The van der Waals surface area contributed by atoms with E-state index in [-0.39, 0.29) is 11.9 Å². The number of benzene rings is 1. The van der Waals surface area contributed by atoms with Crippen molar-refractivity contribution in [3.8, 4) is 5.88 Å². The van der Waals surface area contributed by atoms with Crippen LogP contribution in [0.3, 0.4) is 0 Å². The van der Waals surface area contributed by atoms with Crippen molar-refractivity contribution in [2.24, 2.45) is 0 Å². The third-order valence-electron chi connectivity index (χ3n) is 3.88. The summed E-state index contributed by atoms with van der Waals surface area (Å²) in [7, 11) is 1.52. The first-order chi connectivity index (χ1) is 10.3. The lowest BCUT2D eigenvalue weighted by molar-refractivity contribution is 0.0929. The Kier molecular flexibility index (Phi) is 3.86. The highest BCUT2D eigenvalue weighted by molar-refractivity contribution is 5.96. The number of methoxy groups -OCH3 is 1. The van der Waals surface area contributed by atoms with E-state index in [1.54, 1.807) is 18.3 Å². The Labute approximate surface area is 124 Å². The van der Waals surface area contributed by atoms with Gasteiger partial charge in [-0.3, -0.25) is 4.79 Å². The lowest BCUT2D eigenvalue weighted by Crippen LogP contribution is -2.31. The smallest absolute Gasteiger partial charge is 0.257 e. The molecule has 1 aliphatic rings. The molecule has 0 bridgehead atoms. The molecule has 1 aromatic heterocycles. The van der Waals surface area contributed by atoms with E-state index in [0.717, 1.165) is 19.3 Å². The van der Waals surface area contributed by atoms with Crippen LogP contribution in [0, 0.1) is 0 Å². The van der Waals surface area contributed by atoms with Gasteiger partial charge in [0.1, 0.15) is 5.56 Å². The number of amides is 1. The summed E-state index contributed by atoms with van der Waals surface area (Å²) in [6, 6.07) is 11.8. The topological polar surface area (TPSA) is 51.2 Å². The Hall–Kier alpha value is -2.36. The van der Waals surface area contributed by atoms with Crippen molar-refractivity contribution >= 4 is 5.91 Å². The van der Waals surface area contributed by atoms with E-state index >= 15 is 0 Å². The second-order valence-electron chi connectivity index (χ2n) is 5.18. The van der Waals surface area contributed by atoms with Crippen LogP contribution in [0.25, 0.3) is 0 Å². The number of fused-ring (bicyclic) bond motifs is 1. The number of pyridine rings is 1. The number of ether oxygens (including phenoxy) is 1. The number of rotatable bonds is 3. The average Bonchev–Trinajstić information content (AvgIpc) is 2.55. The lowest BCUT2D eigenvalue weighted by atomic mass is 9.87. The molecule has 21 heavy (non-hydrogen) atoms. The van der Waals surface area contributed by atoms with Crippen LogP contribution < -0.4 is 10.1 Å². The summed E-state index contributed by atoms with van der Waals surface area (Å²) in [6.07, 6.45) is 4.75. The second-order valence-corrected chi connectivity index (χ2v) is 5.18. The van der Waals surface area contributed by atoms with Gasteiger partial charge in [0.25, 0.3) is 5.91 Å². The molecular weight excluding hydrogens is 264 g/mol. The minimum atomic E-state index is -0.137. The molecular formula is C17H18N2O2. The lowest BCUT2D eigenvalue weighted by Gasteiger charge is -2.26. The molecule has 1 aromatic carbocycles. The SMILES string of the molecule is COc1ncccc1C(=O)NC1CCCc2ccccc21. The summed E-state index contributed by atoms with van der Waals surface area (Å²) >= 11 is 0. The molecule has 0 saturated heterocycles. The molecule has 2 aromatic rings. The number of hydrogen-bond acceptors (Lipinski definition) is 3. The number of carbonyl (C=O) groups excluding carboxylic acids is 1. The van der Waals surface area contributed by atoms with E-state index in [1.807, 2.05) is 12.1 Å². The summed E-state index contributed by atoms with van der Waals surface area (Å²) < 4.78 is 5.15. The molecule has 4 nitrogen and oxygen atoms in total. The molecule has 0 fully saturated rings. The first-order valence-corrected chi connectivity index (χ1v) is 7.17. The number of nitrogens with zero attached hydrogens (tertiary/aromatic N) is 1. The number of nitrogens with one attached hydrogen (secondary N) is 1. The Morgan fingerprint density at radius 2 is 2.14 bits per heavy atom. The third-order valence-corrected chi connectivity index (χ3v) is 3.88. The fourth-order valence-electron chi connectivity index (χ4n) is 2.87. The van der Waals surface area contributed by atoms with Crippen LogP contribution in [0.1, 0.15) is 40.4 Å². The van der Waals surface area contributed by atoms with E-state index in [1.165, 1.54) is 18.2 Å². The normalized spacial score (nSPS) is 16.9. The van der Waals surface area contributed by atoms with Gasteiger partial charge in [-0.05, 0) is 42.5 Å². The maximum absolute atomic E-state index is 12.5. The molecule has 1 unspecified atom stereocenters. The van der Waals surface area contributed by atoms with Crippen molar-refractivity contribution in [3.63, 3.8) is 0 Å². The van der Waals surface area contributed by atoms with Crippen molar-refractivity contribution in [2.45, 2.75) is 25.3 Å². The summed E-state index contributed by atoms with van der Waals surface area (Å²) in [5, 5.41) is 3.11. The summed E-state index contributed by atoms with van der Waals surface area (Å²) in [5.41, 5.74) is 3.02. The largest absolute Gasteiger partial charge is 0.480 e. The van der Waals surface area contributed by atoms with Crippen molar-refractivity contribution in [1.82, 2.24) is 10.3 Å². The van der Waals surface area contributed by atoms with E-state index in [9.17, 15) is 4.79 Å². The van der Waals surface area contributed by atoms with E-state index in [2.05, 4.69) is 22.4 Å². The second kappa shape index (κ2) is 5.95. The minimum absolute atomic E-state index is 0.0624.